The van der Waals surface area contributed by atoms with E-state index in [-0.39, 0.29) is 12.2 Å². The highest BCUT2D eigenvalue weighted by molar-refractivity contribution is 7.53. The molecule has 0 aliphatic rings. The SMILES string of the molecule is C=C(C)C(=O)CCCCCCC(OP(=O)(O)O)P(=O)(O)O. The Bertz CT molecular complexity index is 449. The Kier molecular flexibility index (Phi) is 8.81. The smallest absolute Gasteiger partial charge is 0.323 e. The molecule has 0 heterocycles. The maximum atomic E-state index is 11.3. The normalized spacial score (nSPS) is 14.0. The summed E-state index contributed by atoms with van der Waals surface area (Å²) in [6.45, 7) is 5.16. The minimum absolute atomic E-state index is 0.0204. The molecular weight excluding hydrogens is 322 g/mol. The van der Waals surface area contributed by atoms with Gasteiger partial charge in [-0.2, -0.15) is 0 Å². The summed E-state index contributed by atoms with van der Waals surface area (Å²) in [5.74, 6) is -1.83. The number of ketones is 1. The van der Waals surface area contributed by atoms with Gasteiger partial charge in [0.25, 0.3) is 0 Å². The number of phosphoric ester groups is 1. The van der Waals surface area contributed by atoms with Crippen LogP contribution in [0.15, 0.2) is 12.2 Å². The van der Waals surface area contributed by atoms with Gasteiger partial charge in [0.2, 0.25) is 0 Å². The van der Waals surface area contributed by atoms with Gasteiger partial charge in [-0.1, -0.05) is 25.8 Å². The molecule has 0 rings (SSSR count). The highest BCUT2D eigenvalue weighted by Gasteiger charge is 2.35. The largest absolute Gasteiger partial charge is 0.470 e. The molecule has 0 bridgehead atoms. The van der Waals surface area contributed by atoms with Crippen molar-refractivity contribution >= 4 is 21.2 Å². The second-order valence-corrected chi connectivity index (χ2v) is 7.74. The van der Waals surface area contributed by atoms with E-state index in [2.05, 4.69) is 11.1 Å². The molecule has 1 unspecified atom stereocenters. The molecule has 10 heteroatoms. The predicted octanol–water partition coefficient (Wildman–Crippen LogP) is 2.09. The van der Waals surface area contributed by atoms with Crippen LogP contribution < -0.4 is 0 Å². The Morgan fingerprint density at radius 3 is 2.05 bits per heavy atom. The second kappa shape index (κ2) is 8.96. The van der Waals surface area contributed by atoms with E-state index in [4.69, 9.17) is 19.6 Å². The molecule has 0 saturated carbocycles. The molecule has 0 aliphatic carbocycles. The first kappa shape index (κ1) is 20.7. The molecule has 21 heavy (non-hydrogen) atoms. The van der Waals surface area contributed by atoms with Crippen LogP contribution in [-0.2, 0) is 18.4 Å². The van der Waals surface area contributed by atoms with Crippen LogP contribution in [0, 0.1) is 0 Å². The van der Waals surface area contributed by atoms with Crippen molar-refractivity contribution in [2.24, 2.45) is 0 Å². The first-order valence-electron chi connectivity index (χ1n) is 6.41. The topological polar surface area (TPSA) is 141 Å². The van der Waals surface area contributed by atoms with Gasteiger partial charge < -0.3 is 19.6 Å². The highest BCUT2D eigenvalue weighted by atomic mass is 31.2. The number of hydrogen-bond donors (Lipinski definition) is 4. The van der Waals surface area contributed by atoms with Crippen LogP contribution in [-0.4, -0.2) is 31.2 Å². The second-order valence-electron chi connectivity index (χ2n) is 4.80. The third-order valence-corrected chi connectivity index (χ3v) is 4.52. The first-order valence-corrected chi connectivity index (χ1v) is 9.62. The van der Waals surface area contributed by atoms with Crippen LogP contribution in [0.4, 0.5) is 0 Å². The number of unbranched alkanes of at least 4 members (excludes halogenated alkanes) is 3. The number of carbonyl (C=O) groups is 1. The van der Waals surface area contributed by atoms with Crippen molar-refractivity contribution < 1.29 is 38.0 Å². The van der Waals surface area contributed by atoms with E-state index in [1.165, 1.54) is 0 Å². The summed E-state index contributed by atoms with van der Waals surface area (Å²) in [4.78, 5) is 46.4. The van der Waals surface area contributed by atoms with E-state index in [1.54, 1.807) is 6.92 Å². The maximum Gasteiger partial charge on any atom is 0.470 e. The van der Waals surface area contributed by atoms with E-state index < -0.39 is 21.3 Å². The summed E-state index contributed by atoms with van der Waals surface area (Å²) in [6.07, 6.45) is 2.41. The van der Waals surface area contributed by atoms with Gasteiger partial charge in [-0.15, -0.1) is 0 Å². The van der Waals surface area contributed by atoms with Crippen LogP contribution in [0.1, 0.15) is 45.4 Å². The number of allylic oxidation sites excluding steroid dienone is 1. The molecule has 0 fully saturated rings. The molecule has 0 aliphatic heterocycles. The summed E-state index contributed by atoms with van der Waals surface area (Å²) in [5.41, 5.74) is 0.492. The Hall–Kier alpha value is -0.330. The summed E-state index contributed by atoms with van der Waals surface area (Å²) in [5, 5.41) is 0. The van der Waals surface area contributed by atoms with E-state index in [0.29, 0.717) is 37.7 Å². The van der Waals surface area contributed by atoms with Gasteiger partial charge in [0, 0.05) is 6.42 Å². The van der Waals surface area contributed by atoms with E-state index in [0.717, 1.165) is 0 Å². The van der Waals surface area contributed by atoms with Crippen molar-refractivity contribution in [2.75, 3.05) is 0 Å². The lowest BCUT2D eigenvalue weighted by Crippen LogP contribution is -2.12. The third kappa shape index (κ3) is 11.0. The van der Waals surface area contributed by atoms with Gasteiger partial charge >= 0.3 is 15.4 Å². The van der Waals surface area contributed by atoms with Crippen LogP contribution in [0.2, 0.25) is 0 Å². The quantitative estimate of drug-likeness (QED) is 0.254. The molecule has 4 N–H and O–H groups in total. The zero-order valence-corrected chi connectivity index (χ0v) is 13.6. The number of hydrogen-bond acceptors (Lipinski definition) is 4. The molecule has 0 radical (unpaired) electrons. The fourth-order valence-corrected chi connectivity index (χ4v) is 3.41. The van der Waals surface area contributed by atoms with Crippen LogP contribution in [0.25, 0.3) is 0 Å². The van der Waals surface area contributed by atoms with Crippen molar-refractivity contribution in [2.45, 2.75) is 51.3 Å². The number of phosphoric acid groups is 1. The van der Waals surface area contributed by atoms with Crippen LogP contribution in [0.3, 0.4) is 0 Å². The Balaban J connectivity index is 4.06. The van der Waals surface area contributed by atoms with E-state index >= 15 is 0 Å². The summed E-state index contributed by atoms with van der Waals surface area (Å²) < 4.78 is 25.8. The van der Waals surface area contributed by atoms with Gasteiger partial charge in [-0.05, 0) is 25.3 Å². The third-order valence-electron chi connectivity index (χ3n) is 2.72. The first-order chi connectivity index (χ1) is 9.43. The average Bonchev–Trinajstić information content (AvgIpc) is 2.28. The lowest BCUT2D eigenvalue weighted by molar-refractivity contribution is -0.115. The molecule has 0 aromatic heterocycles. The molecule has 124 valence electrons. The van der Waals surface area contributed by atoms with Crippen molar-refractivity contribution in [1.82, 2.24) is 0 Å². The van der Waals surface area contributed by atoms with E-state index in [9.17, 15) is 13.9 Å². The predicted molar refractivity (Wildman–Crippen MR) is 76.5 cm³/mol. The minimum Gasteiger partial charge on any atom is -0.323 e. The van der Waals surface area contributed by atoms with Crippen molar-refractivity contribution in [3.63, 3.8) is 0 Å². The standard InChI is InChI=1S/C11H22O8P2/c1-9(2)10(12)7-5-3-4-6-8-11(20(13,14)15)19-21(16,17)18/h11H,1,3-8H2,2H3,(H2,13,14,15)(H2,16,17,18). The van der Waals surface area contributed by atoms with Gasteiger partial charge in [0.05, 0.1) is 0 Å². The van der Waals surface area contributed by atoms with Gasteiger partial charge in [0.15, 0.2) is 11.6 Å². The molecule has 0 spiro atoms. The lowest BCUT2D eigenvalue weighted by Gasteiger charge is -2.19. The average molecular weight is 344 g/mol. The molecule has 0 aromatic carbocycles. The maximum absolute atomic E-state index is 11.3. The van der Waals surface area contributed by atoms with Crippen LogP contribution >= 0.6 is 15.4 Å². The Morgan fingerprint density at radius 2 is 1.62 bits per heavy atom. The fourth-order valence-electron chi connectivity index (χ4n) is 1.61. The highest BCUT2D eigenvalue weighted by Crippen LogP contribution is 2.52. The minimum atomic E-state index is -4.95. The van der Waals surface area contributed by atoms with Gasteiger partial charge in [-0.3, -0.25) is 13.9 Å². The number of carbonyl (C=O) groups excluding carboxylic acids is 1. The van der Waals surface area contributed by atoms with Gasteiger partial charge in [-0.25, -0.2) is 4.57 Å². The van der Waals surface area contributed by atoms with E-state index in [1.807, 2.05) is 0 Å². The molecule has 0 saturated heterocycles. The zero-order chi connectivity index (χ0) is 16.7. The summed E-state index contributed by atoms with van der Waals surface area (Å²) >= 11 is 0. The molecule has 0 aromatic rings. The number of Topliss-reactive ketones (excluding diaryl/α,β-unsaturated/α-hetero) is 1. The number of rotatable bonds is 11. The monoisotopic (exact) mass is 344 g/mol. The molecule has 0 amide bonds. The fraction of sp³-hybridized carbons (Fsp3) is 0.727. The molecular formula is C11H22O8P2. The molecule has 8 nitrogen and oxygen atoms in total. The zero-order valence-electron chi connectivity index (χ0n) is 11.8. The Labute approximate surface area is 123 Å². The summed E-state index contributed by atoms with van der Waals surface area (Å²) in [7, 11) is -9.69. The Morgan fingerprint density at radius 1 is 1.10 bits per heavy atom. The van der Waals surface area contributed by atoms with Crippen molar-refractivity contribution in [1.29, 1.82) is 0 Å². The van der Waals surface area contributed by atoms with Crippen molar-refractivity contribution in [3.05, 3.63) is 12.2 Å². The van der Waals surface area contributed by atoms with Crippen LogP contribution in [0.5, 0.6) is 0 Å². The molecule has 1 atom stereocenters. The van der Waals surface area contributed by atoms with Crippen molar-refractivity contribution in [3.8, 4) is 0 Å². The summed E-state index contributed by atoms with van der Waals surface area (Å²) in [6, 6.07) is 0. The van der Waals surface area contributed by atoms with Gasteiger partial charge in [0.1, 0.15) is 0 Å². The lowest BCUT2D eigenvalue weighted by atomic mass is 10.1.